The van der Waals surface area contributed by atoms with E-state index in [1.165, 1.54) is 0 Å². The first-order valence-electron chi connectivity index (χ1n) is 6.60. The van der Waals surface area contributed by atoms with E-state index in [0.717, 1.165) is 12.8 Å². The number of carbonyl (C=O) groups excluding carboxylic acids is 1. The Labute approximate surface area is 119 Å². The first-order chi connectivity index (χ1) is 9.79. The van der Waals surface area contributed by atoms with Crippen LogP contribution in [0.1, 0.15) is 35.2 Å². The largest absolute Gasteiger partial charge is 0.395 e. The molecule has 0 aliphatic heterocycles. The van der Waals surface area contributed by atoms with Gasteiger partial charge in [-0.3, -0.25) is 9.78 Å². The molecule has 0 aromatic carbocycles. The molecule has 1 amide bonds. The third kappa shape index (κ3) is 5.83. The maximum atomic E-state index is 12.0. The number of aromatic nitrogens is 1. The second kappa shape index (κ2) is 9.96. The molecule has 0 saturated heterocycles. The van der Waals surface area contributed by atoms with Crippen LogP contribution in [0.4, 0.5) is 0 Å². The lowest BCUT2D eigenvalue weighted by molar-refractivity contribution is 0.0951. The summed E-state index contributed by atoms with van der Waals surface area (Å²) in [6.45, 7) is 1.31. The lowest BCUT2D eigenvalue weighted by Gasteiger charge is -2.06. The molecule has 0 unspecified atom stereocenters. The summed E-state index contributed by atoms with van der Waals surface area (Å²) < 4.78 is 4.95. The van der Waals surface area contributed by atoms with Crippen LogP contribution in [0, 0.1) is 11.8 Å². The first kappa shape index (κ1) is 16.2. The molecule has 0 fully saturated rings. The zero-order valence-electron chi connectivity index (χ0n) is 11.7. The van der Waals surface area contributed by atoms with E-state index >= 15 is 0 Å². The predicted octanol–water partition coefficient (Wildman–Crippen LogP) is 0.972. The molecule has 0 spiro atoms. The Hall–Kier alpha value is -1.90. The number of nitrogens with zero attached hydrogens (tertiary/aromatic N) is 1. The van der Waals surface area contributed by atoms with Gasteiger partial charge in [0.05, 0.1) is 17.7 Å². The normalized spacial score (nSPS) is 9.70. The predicted molar refractivity (Wildman–Crippen MR) is 76.3 cm³/mol. The van der Waals surface area contributed by atoms with Crippen molar-refractivity contribution in [2.75, 3.05) is 26.9 Å². The smallest absolute Gasteiger partial charge is 0.252 e. The number of nitrogens with one attached hydrogen (secondary N) is 1. The van der Waals surface area contributed by atoms with Crippen LogP contribution in [-0.4, -0.2) is 42.9 Å². The highest BCUT2D eigenvalue weighted by atomic mass is 16.5. The molecule has 0 bridgehead atoms. The molecule has 1 aromatic heterocycles. The minimum atomic E-state index is -0.155. The van der Waals surface area contributed by atoms with Gasteiger partial charge >= 0.3 is 0 Å². The first-order valence-corrected chi connectivity index (χ1v) is 6.60. The van der Waals surface area contributed by atoms with E-state index in [-0.39, 0.29) is 12.5 Å². The molecule has 0 radical (unpaired) electrons. The second-order valence-electron chi connectivity index (χ2n) is 4.15. The lowest BCUT2D eigenvalue weighted by atomic mass is 10.1. The van der Waals surface area contributed by atoms with Crippen molar-refractivity contribution in [1.82, 2.24) is 10.3 Å². The van der Waals surface area contributed by atoms with Crippen LogP contribution < -0.4 is 5.32 Å². The fourth-order valence-electron chi connectivity index (χ4n) is 1.57. The number of carbonyl (C=O) groups is 1. The molecule has 1 aromatic rings. The zero-order chi connectivity index (χ0) is 14.6. The van der Waals surface area contributed by atoms with E-state index in [1.807, 2.05) is 0 Å². The molecule has 0 aliphatic rings. The summed E-state index contributed by atoms with van der Waals surface area (Å²) >= 11 is 0. The van der Waals surface area contributed by atoms with Gasteiger partial charge in [-0.05, 0) is 18.9 Å². The molecular weight excluding hydrogens is 256 g/mol. The average molecular weight is 276 g/mol. The van der Waals surface area contributed by atoms with E-state index in [9.17, 15) is 4.79 Å². The van der Waals surface area contributed by atoms with Gasteiger partial charge in [-0.15, -0.1) is 0 Å². The molecular formula is C15H20N2O3. The molecule has 108 valence electrons. The van der Waals surface area contributed by atoms with Crippen LogP contribution in [0.3, 0.4) is 0 Å². The Morgan fingerprint density at radius 1 is 1.50 bits per heavy atom. The van der Waals surface area contributed by atoms with Gasteiger partial charge < -0.3 is 15.2 Å². The van der Waals surface area contributed by atoms with Crippen LogP contribution in [0.5, 0.6) is 0 Å². The molecule has 2 N–H and O–H groups in total. The Kier molecular flexibility index (Phi) is 8.04. The number of unbranched alkanes of at least 4 members (excludes halogenated alkanes) is 1. The Morgan fingerprint density at radius 2 is 2.35 bits per heavy atom. The summed E-state index contributed by atoms with van der Waals surface area (Å²) in [5.74, 6) is 5.49. The fourth-order valence-corrected chi connectivity index (χ4v) is 1.57. The average Bonchev–Trinajstić information content (AvgIpc) is 2.47. The van der Waals surface area contributed by atoms with Gasteiger partial charge in [0.25, 0.3) is 5.91 Å². The lowest BCUT2D eigenvalue weighted by Crippen LogP contribution is -2.25. The SMILES string of the molecule is COCCCCNC(=O)c1ccncc1C#CCCO. The van der Waals surface area contributed by atoms with Gasteiger partial charge in [0.1, 0.15) is 0 Å². The fraction of sp³-hybridized carbons (Fsp3) is 0.467. The quantitative estimate of drug-likeness (QED) is 0.575. The maximum Gasteiger partial charge on any atom is 0.252 e. The number of hydrogen-bond acceptors (Lipinski definition) is 4. The highest BCUT2D eigenvalue weighted by Gasteiger charge is 2.09. The number of rotatable bonds is 7. The van der Waals surface area contributed by atoms with E-state index in [0.29, 0.717) is 30.7 Å². The van der Waals surface area contributed by atoms with Gasteiger partial charge in [-0.1, -0.05) is 11.8 Å². The Balaban J connectivity index is 2.57. The number of amides is 1. The van der Waals surface area contributed by atoms with Gasteiger partial charge in [-0.25, -0.2) is 0 Å². The van der Waals surface area contributed by atoms with Crippen molar-refractivity contribution in [3.8, 4) is 11.8 Å². The number of pyridine rings is 1. The summed E-state index contributed by atoms with van der Waals surface area (Å²) in [6.07, 6.45) is 5.29. The minimum Gasteiger partial charge on any atom is -0.395 e. The molecule has 0 saturated carbocycles. The van der Waals surface area contributed by atoms with Gasteiger partial charge in [0.15, 0.2) is 0 Å². The van der Waals surface area contributed by atoms with Gasteiger partial charge in [0.2, 0.25) is 0 Å². The van der Waals surface area contributed by atoms with Crippen LogP contribution >= 0.6 is 0 Å². The van der Waals surface area contributed by atoms with Gasteiger partial charge in [0, 0.05) is 39.1 Å². The summed E-state index contributed by atoms with van der Waals surface area (Å²) in [7, 11) is 1.66. The third-order valence-electron chi connectivity index (χ3n) is 2.59. The van der Waals surface area contributed by atoms with Crippen molar-refractivity contribution < 1.29 is 14.6 Å². The van der Waals surface area contributed by atoms with Crippen molar-refractivity contribution in [3.05, 3.63) is 29.6 Å². The van der Waals surface area contributed by atoms with Crippen molar-refractivity contribution in [3.63, 3.8) is 0 Å². The Bertz CT molecular complexity index is 477. The van der Waals surface area contributed by atoms with Crippen LogP contribution in [0.15, 0.2) is 18.5 Å². The molecule has 20 heavy (non-hydrogen) atoms. The number of aliphatic hydroxyl groups excluding tert-OH is 1. The van der Waals surface area contributed by atoms with Crippen molar-refractivity contribution in [2.45, 2.75) is 19.3 Å². The van der Waals surface area contributed by atoms with Crippen LogP contribution in [0.25, 0.3) is 0 Å². The number of aliphatic hydroxyl groups is 1. The monoisotopic (exact) mass is 276 g/mol. The molecule has 0 atom stereocenters. The molecule has 1 heterocycles. The zero-order valence-corrected chi connectivity index (χ0v) is 11.7. The highest BCUT2D eigenvalue weighted by Crippen LogP contribution is 2.05. The van der Waals surface area contributed by atoms with Crippen molar-refractivity contribution in [1.29, 1.82) is 0 Å². The van der Waals surface area contributed by atoms with E-state index in [1.54, 1.807) is 25.6 Å². The number of methoxy groups -OCH3 is 1. The van der Waals surface area contributed by atoms with Crippen LogP contribution in [0.2, 0.25) is 0 Å². The van der Waals surface area contributed by atoms with E-state index in [4.69, 9.17) is 9.84 Å². The summed E-state index contributed by atoms with van der Waals surface area (Å²) in [5.41, 5.74) is 1.09. The summed E-state index contributed by atoms with van der Waals surface area (Å²) in [6, 6.07) is 1.65. The summed E-state index contributed by atoms with van der Waals surface area (Å²) in [4.78, 5) is 16.0. The second-order valence-corrected chi connectivity index (χ2v) is 4.15. The molecule has 5 heteroatoms. The summed E-state index contributed by atoms with van der Waals surface area (Å²) in [5, 5.41) is 11.6. The maximum absolute atomic E-state index is 12.0. The molecule has 0 aliphatic carbocycles. The number of ether oxygens (including phenoxy) is 1. The van der Waals surface area contributed by atoms with Crippen molar-refractivity contribution in [2.24, 2.45) is 0 Å². The van der Waals surface area contributed by atoms with Crippen molar-refractivity contribution >= 4 is 5.91 Å². The van der Waals surface area contributed by atoms with E-state index in [2.05, 4.69) is 22.1 Å². The standard InChI is InChI=1S/C15H20N2O3/c1-20-11-5-3-8-17-15(19)14-7-9-16-12-13(14)6-2-4-10-18/h7,9,12,18H,3-5,8,10-11H2,1H3,(H,17,19). The highest BCUT2D eigenvalue weighted by molar-refractivity contribution is 5.96. The number of hydrogen-bond donors (Lipinski definition) is 2. The molecule has 1 rings (SSSR count). The minimum absolute atomic E-state index is 0.00823. The van der Waals surface area contributed by atoms with Crippen LogP contribution in [-0.2, 0) is 4.74 Å². The third-order valence-corrected chi connectivity index (χ3v) is 2.59. The topological polar surface area (TPSA) is 71.5 Å². The molecule has 5 nitrogen and oxygen atoms in total. The van der Waals surface area contributed by atoms with E-state index < -0.39 is 0 Å². The van der Waals surface area contributed by atoms with Gasteiger partial charge in [-0.2, -0.15) is 0 Å². The Morgan fingerprint density at radius 3 is 3.10 bits per heavy atom.